The van der Waals surface area contributed by atoms with Gasteiger partial charge in [0.1, 0.15) is 17.8 Å². The molecule has 1 saturated heterocycles. The fourth-order valence-electron chi connectivity index (χ4n) is 4.22. The third-order valence-electron chi connectivity index (χ3n) is 6.43. The standard InChI is InChI=1S/C22H27ClFN7O/c1-15(7-10-32-19-3-4-21(20(24)11-19)31-14-27-28-29-31)16(2)17-5-8-30(9-6-17)22-25-12-18(23)13-26-22/h3-4,11-17H,5-10H2,1-2H3. The quantitative estimate of drug-likeness (QED) is 0.499. The summed E-state index contributed by atoms with van der Waals surface area (Å²) in [4.78, 5) is 10.9. The number of tetrazole rings is 1. The smallest absolute Gasteiger partial charge is 0.225 e. The Kier molecular flexibility index (Phi) is 7.14. The summed E-state index contributed by atoms with van der Waals surface area (Å²) < 4.78 is 21.4. The Morgan fingerprint density at radius 3 is 2.59 bits per heavy atom. The van der Waals surface area contributed by atoms with Gasteiger partial charge in [0.05, 0.1) is 24.0 Å². The fraction of sp³-hybridized carbons (Fsp3) is 0.500. The lowest BCUT2D eigenvalue weighted by atomic mass is 9.77. The van der Waals surface area contributed by atoms with Crippen LogP contribution in [0.1, 0.15) is 33.1 Å². The van der Waals surface area contributed by atoms with E-state index in [-0.39, 0.29) is 0 Å². The predicted molar refractivity (Wildman–Crippen MR) is 120 cm³/mol. The van der Waals surface area contributed by atoms with Crippen LogP contribution in [0.2, 0.25) is 5.02 Å². The summed E-state index contributed by atoms with van der Waals surface area (Å²) in [6, 6.07) is 4.73. The molecular weight excluding hydrogens is 433 g/mol. The molecule has 0 spiro atoms. The third kappa shape index (κ3) is 5.32. The first-order chi connectivity index (χ1) is 15.5. The van der Waals surface area contributed by atoms with Crippen LogP contribution in [0.15, 0.2) is 36.9 Å². The van der Waals surface area contributed by atoms with Crippen molar-refractivity contribution < 1.29 is 9.13 Å². The molecule has 1 aliphatic heterocycles. The molecule has 3 aromatic rings. The van der Waals surface area contributed by atoms with Crippen LogP contribution in [0, 0.1) is 23.6 Å². The summed E-state index contributed by atoms with van der Waals surface area (Å²) >= 11 is 5.89. The van der Waals surface area contributed by atoms with Crippen LogP contribution >= 0.6 is 11.6 Å². The Morgan fingerprint density at radius 2 is 1.94 bits per heavy atom. The molecule has 3 heterocycles. The number of aromatic nitrogens is 6. The van der Waals surface area contributed by atoms with Gasteiger partial charge in [-0.25, -0.2) is 14.4 Å². The highest BCUT2D eigenvalue weighted by molar-refractivity contribution is 6.30. The molecule has 4 rings (SSSR count). The molecule has 0 amide bonds. The lowest BCUT2D eigenvalue weighted by Gasteiger charge is -2.37. The van der Waals surface area contributed by atoms with Crippen molar-refractivity contribution in [3.05, 3.63) is 47.8 Å². The summed E-state index contributed by atoms with van der Waals surface area (Å²) in [7, 11) is 0. The first-order valence-corrected chi connectivity index (χ1v) is 11.3. The van der Waals surface area contributed by atoms with Gasteiger partial charge in [-0.15, -0.1) is 5.10 Å². The number of hydrogen-bond acceptors (Lipinski definition) is 7. The van der Waals surface area contributed by atoms with Gasteiger partial charge in [0.15, 0.2) is 5.82 Å². The van der Waals surface area contributed by atoms with Crippen molar-refractivity contribution in [3.8, 4) is 11.4 Å². The Bertz CT molecular complexity index is 994. The molecule has 1 fully saturated rings. The summed E-state index contributed by atoms with van der Waals surface area (Å²) in [6.45, 7) is 7.04. The first-order valence-electron chi connectivity index (χ1n) is 10.9. The molecule has 1 aromatic carbocycles. The summed E-state index contributed by atoms with van der Waals surface area (Å²) in [6.07, 6.45) is 7.79. The van der Waals surface area contributed by atoms with Crippen LogP contribution in [0.4, 0.5) is 10.3 Å². The van der Waals surface area contributed by atoms with Gasteiger partial charge < -0.3 is 9.64 Å². The number of benzene rings is 1. The van der Waals surface area contributed by atoms with Crippen molar-refractivity contribution in [3.63, 3.8) is 0 Å². The molecule has 170 valence electrons. The SMILES string of the molecule is CC(CCOc1ccc(-n2cnnn2)c(F)c1)C(C)C1CCN(c2ncc(Cl)cn2)CC1. The number of halogens is 2. The molecule has 1 aliphatic rings. The fourth-order valence-corrected chi connectivity index (χ4v) is 4.32. The second kappa shape index (κ2) is 10.2. The first kappa shape index (κ1) is 22.4. The minimum absolute atomic E-state index is 0.291. The van der Waals surface area contributed by atoms with Crippen LogP contribution in [0.5, 0.6) is 5.75 Å². The van der Waals surface area contributed by atoms with E-state index >= 15 is 0 Å². The van der Waals surface area contributed by atoms with Crippen molar-refractivity contribution >= 4 is 17.5 Å². The summed E-state index contributed by atoms with van der Waals surface area (Å²) in [5, 5.41) is 11.3. The topological polar surface area (TPSA) is 81.9 Å². The number of ether oxygens (including phenoxy) is 1. The molecule has 2 unspecified atom stereocenters. The highest BCUT2D eigenvalue weighted by atomic mass is 35.5. The lowest BCUT2D eigenvalue weighted by molar-refractivity contribution is 0.186. The van der Waals surface area contributed by atoms with Crippen LogP contribution in [-0.2, 0) is 0 Å². The maximum Gasteiger partial charge on any atom is 0.225 e. The number of hydrogen-bond donors (Lipinski definition) is 0. The van der Waals surface area contributed by atoms with Gasteiger partial charge in [-0.1, -0.05) is 25.4 Å². The van der Waals surface area contributed by atoms with E-state index in [1.165, 1.54) is 17.1 Å². The van der Waals surface area contributed by atoms with Gasteiger partial charge >= 0.3 is 0 Å². The van der Waals surface area contributed by atoms with Gasteiger partial charge in [0.25, 0.3) is 0 Å². The number of anilines is 1. The second-order valence-corrected chi connectivity index (χ2v) is 8.80. The van der Waals surface area contributed by atoms with E-state index in [0.717, 1.165) is 38.3 Å². The zero-order valence-corrected chi connectivity index (χ0v) is 19.0. The molecule has 0 aliphatic carbocycles. The minimum atomic E-state index is -0.423. The zero-order valence-electron chi connectivity index (χ0n) is 18.2. The normalized spacial score (nSPS) is 16.7. The van der Waals surface area contributed by atoms with E-state index in [0.29, 0.717) is 40.8 Å². The van der Waals surface area contributed by atoms with Crippen LogP contribution in [-0.4, -0.2) is 49.9 Å². The summed E-state index contributed by atoms with van der Waals surface area (Å²) in [5.41, 5.74) is 0.291. The maximum absolute atomic E-state index is 14.3. The molecule has 0 radical (unpaired) electrons. The Balaban J connectivity index is 1.22. The lowest BCUT2D eigenvalue weighted by Crippen LogP contribution is -2.37. The molecule has 8 nitrogen and oxygen atoms in total. The molecule has 2 atom stereocenters. The average molecular weight is 460 g/mol. The van der Waals surface area contributed by atoms with Gasteiger partial charge in [0, 0.05) is 19.2 Å². The average Bonchev–Trinajstić information content (AvgIpc) is 3.34. The maximum atomic E-state index is 14.3. The zero-order chi connectivity index (χ0) is 22.5. The van der Waals surface area contributed by atoms with Crippen LogP contribution in [0.25, 0.3) is 5.69 Å². The highest BCUT2D eigenvalue weighted by Gasteiger charge is 2.28. The largest absolute Gasteiger partial charge is 0.493 e. The molecular formula is C22H27ClFN7O. The van der Waals surface area contributed by atoms with E-state index in [2.05, 4.69) is 44.2 Å². The van der Waals surface area contributed by atoms with Crippen molar-refractivity contribution in [1.29, 1.82) is 0 Å². The van der Waals surface area contributed by atoms with Gasteiger partial charge in [-0.2, -0.15) is 4.68 Å². The number of rotatable bonds is 8. The van der Waals surface area contributed by atoms with Crippen molar-refractivity contribution in [2.24, 2.45) is 17.8 Å². The molecule has 2 aromatic heterocycles. The van der Waals surface area contributed by atoms with Gasteiger partial charge in [-0.3, -0.25) is 0 Å². The second-order valence-electron chi connectivity index (χ2n) is 8.37. The Morgan fingerprint density at radius 1 is 1.19 bits per heavy atom. The van der Waals surface area contributed by atoms with Gasteiger partial charge in [0.2, 0.25) is 5.95 Å². The van der Waals surface area contributed by atoms with Crippen LogP contribution < -0.4 is 9.64 Å². The molecule has 10 heteroatoms. The molecule has 0 bridgehead atoms. The van der Waals surface area contributed by atoms with E-state index in [9.17, 15) is 4.39 Å². The number of nitrogens with zero attached hydrogens (tertiary/aromatic N) is 7. The minimum Gasteiger partial charge on any atom is -0.493 e. The van der Waals surface area contributed by atoms with Crippen molar-refractivity contribution in [1.82, 2.24) is 30.2 Å². The predicted octanol–water partition coefficient (Wildman–Crippen LogP) is 4.20. The Labute approximate surface area is 191 Å². The van der Waals surface area contributed by atoms with Crippen molar-refractivity contribution in [2.45, 2.75) is 33.1 Å². The van der Waals surface area contributed by atoms with E-state index < -0.39 is 5.82 Å². The van der Waals surface area contributed by atoms with E-state index in [1.54, 1.807) is 24.5 Å². The molecule has 0 N–H and O–H groups in total. The van der Waals surface area contributed by atoms with Crippen LogP contribution in [0.3, 0.4) is 0 Å². The monoisotopic (exact) mass is 459 g/mol. The Hall–Kier alpha value is -2.81. The van der Waals surface area contributed by atoms with E-state index in [1.807, 2.05) is 0 Å². The highest BCUT2D eigenvalue weighted by Crippen LogP contribution is 2.32. The molecule has 0 saturated carbocycles. The summed E-state index contributed by atoms with van der Waals surface area (Å²) in [5.74, 6) is 2.57. The van der Waals surface area contributed by atoms with Gasteiger partial charge in [-0.05, 0) is 59.6 Å². The molecule has 32 heavy (non-hydrogen) atoms. The van der Waals surface area contributed by atoms with Crippen molar-refractivity contribution in [2.75, 3.05) is 24.6 Å². The number of piperidine rings is 1. The third-order valence-corrected chi connectivity index (χ3v) is 6.62. The van der Waals surface area contributed by atoms with E-state index in [4.69, 9.17) is 16.3 Å².